The quantitative estimate of drug-likeness (QED) is 0.605. The number of halogens is 1. The summed E-state index contributed by atoms with van der Waals surface area (Å²) >= 11 is 7.33. The van der Waals surface area contributed by atoms with Crippen molar-refractivity contribution in [2.24, 2.45) is 0 Å². The van der Waals surface area contributed by atoms with Gasteiger partial charge in [0.2, 0.25) is 5.91 Å². The summed E-state index contributed by atoms with van der Waals surface area (Å²) in [5, 5.41) is 4.97. The van der Waals surface area contributed by atoms with Gasteiger partial charge in [0.1, 0.15) is 5.60 Å². The Morgan fingerprint density at radius 2 is 1.91 bits per heavy atom. The zero-order valence-electron chi connectivity index (χ0n) is 18.8. The highest BCUT2D eigenvalue weighted by Crippen LogP contribution is 2.35. The predicted octanol–water partition coefficient (Wildman–Crippen LogP) is 3.23. The van der Waals surface area contributed by atoms with Crippen LogP contribution in [0.25, 0.3) is 6.08 Å². The molecule has 1 aromatic carbocycles. The number of benzene rings is 1. The first kappa shape index (κ1) is 24.9. The number of ether oxygens (including phenoxy) is 1. The maximum absolute atomic E-state index is 12.5. The standard InChI is InChI=1S/C22H27ClN4O5S/c1-22(2,3)32-20(30)24-8-7-17(28)26-9-11-27(12-10-26)18-14(5-4-6-15(18)23)13-16-19(29)25-21(31)33-16/h4-6,13H,7-12H2,1-3H3,(H,24,30)(H,25,29,31). The van der Waals surface area contributed by atoms with Crippen LogP contribution in [0, 0.1) is 0 Å². The summed E-state index contributed by atoms with van der Waals surface area (Å²) in [5.74, 6) is -0.476. The van der Waals surface area contributed by atoms with E-state index in [9.17, 15) is 19.2 Å². The third-order valence-corrected chi connectivity index (χ3v) is 6.02. The van der Waals surface area contributed by atoms with Crippen LogP contribution in [0.1, 0.15) is 32.8 Å². The van der Waals surface area contributed by atoms with Crippen molar-refractivity contribution in [3.8, 4) is 0 Å². The van der Waals surface area contributed by atoms with Crippen LogP contribution >= 0.6 is 23.4 Å². The third-order valence-electron chi connectivity index (χ3n) is 4.90. The Labute approximate surface area is 201 Å². The molecule has 0 bridgehead atoms. The molecule has 0 unspecified atom stereocenters. The summed E-state index contributed by atoms with van der Waals surface area (Å²) in [7, 11) is 0. The summed E-state index contributed by atoms with van der Waals surface area (Å²) in [6.07, 6.45) is 1.30. The molecule has 0 aliphatic carbocycles. The minimum absolute atomic E-state index is 0.0512. The summed E-state index contributed by atoms with van der Waals surface area (Å²) in [6, 6.07) is 5.39. The molecule has 2 heterocycles. The Balaban J connectivity index is 1.57. The van der Waals surface area contributed by atoms with Crippen molar-refractivity contribution in [3.05, 3.63) is 33.7 Å². The van der Waals surface area contributed by atoms with Crippen molar-refractivity contribution in [1.82, 2.24) is 15.5 Å². The lowest BCUT2D eigenvalue weighted by Gasteiger charge is -2.37. The zero-order valence-corrected chi connectivity index (χ0v) is 20.3. The Hall–Kier alpha value is -2.72. The first-order valence-corrected chi connectivity index (χ1v) is 11.8. The maximum Gasteiger partial charge on any atom is 0.407 e. The lowest BCUT2D eigenvalue weighted by Crippen LogP contribution is -2.49. The molecule has 2 saturated heterocycles. The maximum atomic E-state index is 12.5. The van der Waals surface area contributed by atoms with Gasteiger partial charge in [0.15, 0.2) is 0 Å². The monoisotopic (exact) mass is 494 g/mol. The van der Waals surface area contributed by atoms with E-state index in [1.807, 2.05) is 6.07 Å². The first-order chi connectivity index (χ1) is 15.5. The fraction of sp³-hybridized carbons (Fsp3) is 0.455. The number of imide groups is 1. The number of anilines is 1. The number of para-hydroxylation sites is 1. The largest absolute Gasteiger partial charge is 0.444 e. The SMILES string of the molecule is CC(C)(C)OC(=O)NCCC(=O)N1CCN(c2c(Cl)cccc2C=C2SC(=O)NC2=O)CC1. The first-order valence-electron chi connectivity index (χ1n) is 10.6. The second kappa shape index (κ2) is 10.5. The topological polar surface area (TPSA) is 108 Å². The smallest absolute Gasteiger partial charge is 0.407 e. The fourth-order valence-corrected chi connectivity index (χ4v) is 4.44. The average Bonchev–Trinajstić information content (AvgIpc) is 3.03. The van der Waals surface area contributed by atoms with Crippen LogP contribution in [0.4, 0.5) is 15.3 Å². The molecular weight excluding hydrogens is 468 g/mol. The number of hydrogen-bond donors (Lipinski definition) is 2. The summed E-state index contributed by atoms with van der Waals surface area (Å²) in [5.41, 5.74) is 0.905. The van der Waals surface area contributed by atoms with Crippen molar-refractivity contribution >= 4 is 58.3 Å². The number of carbonyl (C=O) groups excluding carboxylic acids is 4. The number of nitrogens with zero attached hydrogens (tertiary/aromatic N) is 2. The van der Waals surface area contributed by atoms with Crippen LogP contribution in [-0.4, -0.2) is 66.4 Å². The number of piperazine rings is 1. The van der Waals surface area contributed by atoms with Crippen LogP contribution < -0.4 is 15.5 Å². The van der Waals surface area contributed by atoms with E-state index in [2.05, 4.69) is 15.5 Å². The molecule has 0 radical (unpaired) electrons. The van der Waals surface area contributed by atoms with Crippen LogP contribution in [0.5, 0.6) is 0 Å². The van der Waals surface area contributed by atoms with Crippen LogP contribution in [-0.2, 0) is 14.3 Å². The summed E-state index contributed by atoms with van der Waals surface area (Å²) < 4.78 is 5.17. The Kier molecular flexibility index (Phi) is 7.91. The molecule has 3 rings (SSSR count). The van der Waals surface area contributed by atoms with E-state index in [1.165, 1.54) is 0 Å². The number of rotatable bonds is 5. The molecule has 4 amide bonds. The Morgan fingerprint density at radius 1 is 1.21 bits per heavy atom. The van der Waals surface area contributed by atoms with Gasteiger partial charge in [0.25, 0.3) is 11.1 Å². The van der Waals surface area contributed by atoms with Crippen molar-refractivity contribution in [1.29, 1.82) is 0 Å². The second-order valence-electron chi connectivity index (χ2n) is 8.58. The van der Waals surface area contributed by atoms with Gasteiger partial charge in [-0.25, -0.2) is 4.79 Å². The van der Waals surface area contributed by atoms with Gasteiger partial charge >= 0.3 is 6.09 Å². The van der Waals surface area contributed by atoms with Gasteiger partial charge in [-0.2, -0.15) is 0 Å². The molecule has 1 aromatic rings. The number of thioether (sulfide) groups is 1. The predicted molar refractivity (Wildman–Crippen MR) is 128 cm³/mol. The van der Waals surface area contributed by atoms with Crippen molar-refractivity contribution in [2.75, 3.05) is 37.6 Å². The van der Waals surface area contributed by atoms with Gasteiger partial charge in [0, 0.05) is 44.7 Å². The summed E-state index contributed by atoms with van der Waals surface area (Å²) in [6.45, 7) is 7.65. The van der Waals surface area contributed by atoms with E-state index in [-0.39, 0.29) is 18.9 Å². The molecule has 0 spiro atoms. The van der Waals surface area contributed by atoms with Crippen molar-refractivity contribution in [2.45, 2.75) is 32.8 Å². The van der Waals surface area contributed by atoms with E-state index in [0.717, 1.165) is 23.0 Å². The highest BCUT2D eigenvalue weighted by atomic mass is 35.5. The molecule has 2 aliphatic heterocycles. The Morgan fingerprint density at radius 3 is 2.52 bits per heavy atom. The van der Waals surface area contributed by atoms with Gasteiger partial charge in [-0.05, 0) is 44.7 Å². The summed E-state index contributed by atoms with van der Waals surface area (Å²) in [4.78, 5) is 51.8. The Bertz CT molecular complexity index is 983. The van der Waals surface area contributed by atoms with E-state index in [1.54, 1.807) is 43.9 Å². The van der Waals surface area contributed by atoms with Crippen LogP contribution in [0.3, 0.4) is 0 Å². The van der Waals surface area contributed by atoms with E-state index < -0.39 is 22.8 Å². The van der Waals surface area contributed by atoms with Gasteiger partial charge in [-0.3, -0.25) is 19.7 Å². The van der Waals surface area contributed by atoms with Crippen molar-refractivity contribution in [3.63, 3.8) is 0 Å². The minimum atomic E-state index is -0.590. The molecule has 0 saturated carbocycles. The lowest BCUT2D eigenvalue weighted by atomic mass is 10.1. The number of amides is 4. The van der Waals surface area contributed by atoms with Gasteiger partial charge in [0.05, 0.1) is 15.6 Å². The minimum Gasteiger partial charge on any atom is -0.444 e. The molecule has 178 valence electrons. The zero-order chi connectivity index (χ0) is 24.2. The fourth-order valence-electron chi connectivity index (χ4n) is 3.47. The van der Waals surface area contributed by atoms with Gasteiger partial charge in [-0.15, -0.1) is 0 Å². The van der Waals surface area contributed by atoms with E-state index in [0.29, 0.717) is 36.1 Å². The lowest BCUT2D eigenvalue weighted by molar-refractivity contribution is -0.131. The van der Waals surface area contributed by atoms with Crippen LogP contribution in [0.15, 0.2) is 23.1 Å². The second-order valence-corrected chi connectivity index (χ2v) is 10.00. The molecular formula is C22H27ClN4O5S. The normalized spacial score (nSPS) is 17.9. The van der Waals surface area contributed by atoms with Crippen molar-refractivity contribution < 1.29 is 23.9 Å². The number of alkyl carbamates (subject to hydrolysis) is 1. The van der Waals surface area contributed by atoms with Gasteiger partial charge in [-0.1, -0.05) is 23.7 Å². The molecule has 33 heavy (non-hydrogen) atoms. The highest BCUT2D eigenvalue weighted by Gasteiger charge is 2.27. The average molecular weight is 495 g/mol. The number of carbonyl (C=O) groups is 4. The third kappa shape index (κ3) is 6.88. The number of nitrogens with one attached hydrogen (secondary N) is 2. The molecule has 0 aromatic heterocycles. The van der Waals surface area contributed by atoms with E-state index >= 15 is 0 Å². The van der Waals surface area contributed by atoms with Crippen LogP contribution in [0.2, 0.25) is 5.02 Å². The molecule has 9 nitrogen and oxygen atoms in total. The van der Waals surface area contributed by atoms with Gasteiger partial charge < -0.3 is 19.9 Å². The highest BCUT2D eigenvalue weighted by molar-refractivity contribution is 8.18. The van der Waals surface area contributed by atoms with E-state index in [4.69, 9.17) is 16.3 Å². The molecule has 11 heteroatoms. The molecule has 2 fully saturated rings. The molecule has 2 N–H and O–H groups in total. The number of hydrogen-bond acceptors (Lipinski definition) is 7. The molecule has 0 atom stereocenters. The molecule has 2 aliphatic rings.